The maximum Gasteiger partial charge on any atom is 0.243 e. The number of carbonyl (C=O) groups is 1. The number of ether oxygens (including phenoxy) is 1. The van der Waals surface area contributed by atoms with Crippen LogP contribution in [0.5, 0.6) is 5.88 Å². The van der Waals surface area contributed by atoms with Crippen molar-refractivity contribution in [1.82, 2.24) is 9.29 Å². The Hall–Kier alpha value is -2.97. The maximum absolute atomic E-state index is 13.0. The van der Waals surface area contributed by atoms with Crippen molar-refractivity contribution in [1.29, 1.82) is 0 Å². The SMILES string of the molecule is CCC(=O)Nc1ccc(S(=O)(=O)N2CC(Oc3ccc4ccccc4n3)C2)c(C)c1. The fourth-order valence-electron chi connectivity index (χ4n) is 3.36. The summed E-state index contributed by atoms with van der Waals surface area (Å²) in [5.41, 5.74) is 2.01. The van der Waals surface area contributed by atoms with Gasteiger partial charge in [-0.15, -0.1) is 0 Å². The number of hydrogen-bond donors (Lipinski definition) is 1. The standard InChI is InChI=1S/C22H23N3O4S/c1-3-21(26)23-17-9-10-20(15(2)12-17)30(27,28)25-13-18(14-25)29-22-11-8-16-6-4-5-7-19(16)24-22/h4-12,18H,3,13-14H2,1-2H3,(H,23,26). The lowest BCUT2D eigenvalue weighted by Gasteiger charge is -2.37. The van der Waals surface area contributed by atoms with E-state index in [4.69, 9.17) is 4.74 Å². The Bertz CT molecular complexity index is 1200. The zero-order valence-corrected chi connectivity index (χ0v) is 17.6. The largest absolute Gasteiger partial charge is 0.472 e. The lowest BCUT2D eigenvalue weighted by molar-refractivity contribution is -0.115. The maximum atomic E-state index is 13.0. The Morgan fingerprint density at radius 1 is 1.17 bits per heavy atom. The van der Waals surface area contributed by atoms with E-state index >= 15 is 0 Å². The van der Waals surface area contributed by atoms with Gasteiger partial charge < -0.3 is 10.1 Å². The van der Waals surface area contributed by atoms with E-state index in [2.05, 4.69) is 10.3 Å². The molecule has 3 aromatic rings. The van der Waals surface area contributed by atoms with Crippen LogP contribution in [0.15, 0.2) is 59.5 Å². The topological polar surface area (TPSA) is 88.6 Å². The number of aromatic nitrogens is 1. The zero-order valence-electron chi connectivity index (χ0n) is 16.8. The van der Waals surface area contributed by atoms with E-state index in [1.165, 1.54) is 10.4 Å². The molecule has 2 aromatic carbocycles. The number of pyridine rings is 1. The summed E-state index contributed by atoms with van der Waals surface area (Å²) >= 11 is 0. The normalized spacial score (nSPS) is 15.0. The Labute approximate surface area is 175 Å². The van der Waals surface area contributed by atoms with Crippen molar-refractivity contribution in [2.45, 2.75) is 31.3 Å². The van der Waals surface area contributed by atoms with Gasteiger partial charge in [-0.3, -0.25) is 4.79 Å². The van der Waals surface area contributed by atoms with E-state index in [1.54, 1.807) is 32.0 Å². The van der Waals surface area contributed by atoms with Gasteiger partial charge in [-0.25, -0.2) is 13.4 Å². The van der Waals surface area contributed by atoms with Crippen LogP contribution in [-0.2, 0) is 14.8 Å². The average Bonchev–Trinajstić information content (AvgIpc) is 2.69. The second-order valence-corrected chi connectivity index (χ2v) is 9.19. The minimum Gasteiger partial charge on any atom is -0.472 e. The third-order valence-corrected chi connectivity index (χ3v) is 7.06. The van der Waals surface area contributed by atoms with Gasteiger partial charge in [-0.05, 0) is 42.8 Å². The number of carbonyl (C=O) groups excluding carboxylic acids is 1. The van der Waals surface area contributed by atoms with Crippen LogP contribution in [0.25, 0.3) is 10.9 Å². The first-order chi connectivity index (χ1) is 14.4. The van der Waals surface area contributed by atoms with Gasteiger partial charge in [0.15, 0.2) is 0 Å². The number of rotatable bonds is 6. The first-order valence-corrected chi connectivity index (χ1v) is 11.2. The summed E-state index contributed by atoms with van der Waals surface area (Å²) in [6.45, 7) is 4.02. The van der Waals surface area contributed by atoms with Crippen LogP contribution < -0.4 is 10.1 Å². The van der Waals surface area contributed by atoms with Crippen molar-refractivity contribution in [2.75, 3.05) is 18.4 Å². The van der Waals surface area contributed by atoms with Gasteiger partial charge in [-0.1, -0.05) is 25.1 Å². The molecule has 0 spiro atoms. The fraction of sp³-hybridized carbons (Fsp3) is 0.273. The van der Waals surface area contributed by atoms with Crippen LogP contribution in [0.1, 0.15) is 18.9 Å². The van der Waals surface area contributed by atoms with E-state index in [0.717, 1.165) is 10.9 Å². The monoisotopic (exact) mass is 425 g/mol. The van der Waals surface area contributed by atoms with Gasteiger partial charge >= 0.3 is 0 Å². The lowest BCUT2D eigenvalue weighted by atomic mass is 10.2. The Kier molecular flexibility index (Phi) is 5.44. The first kappa shape index (κ1) is 20.3. The highest BCUT2D eigenvalue weighted by molar-refractivity contribution is 7.89. The second-order valence-electron chi connectivity index (χ2n) is 7.29. The molecule has 4 rings (SSSR count). The molecule has 1 amide bonds. The van der Waals surface area contributed by atoms with E-state index in [0.29, 0.717) is 23.6 Å². The molecule has 30 heavy (non-hydrogen) atoms. The molecule has 0 saturated carbocycles. The first-order valence-electron chi connectivity index (χ1n) is 9.80. The number of amides is 1. The summed E-state index contributed by atoms with van der Waals surface area (Å²) < 4.78 is 33.2. The summed E-state index contributed by atoms with van der Waals surface area (Å²) in [5.74, 6) is 0.373. The van der Waals surface area contributed by atoms with Crippen molar-refractivity contribution in [3.05, 3.63) is 60.2 Å². The molecule has 0 unspecified atom stereocenters. The summed E-state index contributed by atoms with van der Waals surface area (Å²) in [6, 6.07) is 16.3. The highest BCUT2D eigenvalue weighted by Gasteiger charge is 2.39. The summed E-state index contributed by atoms with van der Waals surface area (Å²) in [7, 11) is -3.62. The molecular weight excluding hydrogens is 402 g/mol. The lowest BCUT2D eigenvalue weighted by Crippen LogP contribution is -2.56. The van der Waals surface area contributed by atoms with Gasteiger partial charge in [0.05, 0.1) is 23.5 Å². The smallest absolute Gasteiger partial charge is 0.243 e. The molecule has 1 saturated heterocycles. The molecule has 2 heterocycles. The quantitative estimate of drug-likeness (QED) is 0.654. The Balaban J connectivity index is 1.42. The molecule has 0 radical (unpaired) electrons. The predicted octanol–water partition coefficient (Wildman–Crippen LogP) is 3.34. The number of aryl methyl sites for hydroxylation is 1. The minimum atomic E-state index is -3.62. The molecule has 1 N–H and O–H groups in total. The average molecular weight is 426 g/mol. The Morgan fingerprint density at radius 3 is 2.67 bits per heavy atom. The van der Waals surface area contributed by atoms with Crippen molar-refractivity contribution in [3.63, 3.8) is 0 Å². The van der Waals surface area contributed by atoms with Gasteiger partial charge in [0, 0.05) is 23.6 Å². The Morgan fingerprint density at radius 2 is 1.93 bits per heavy atom. The molecular formula is C22H23N3O4S. The molecule has 1 aliphatic rings. The van der Waals surface area contributed by atoms with Crippen molar-refractivity contribution >= 4 is 32.5 Å². The molecule has 8 heteroatoms. The van der Waals surface area contributed by atoms with E-state index < -0.39 is 10.0 Å². The molecule has 156 valence electrons. The van der Waals surface area contributed by atoms with Crippen LogP contribution in [0.2, 0.25) is 0 Å². The number of sulfonamides is 1. The van der Waals surface area contributed by atoms with E-state index in [9.17, 15) is 13.2 Å². The highest BCUT2D eigenvalue weighted by Crippen LogP contribution is 2.28. The predicted molar refractivity (Wildman–Crippen MR) is 115 cm³/mol. The summed E-state index contributed by atoms with van der Waals surface area (Å²) in [4.78, 5) is 16.2. The number of para-hydroxylation sites is 1. The molecule has 0 atom stereocenters. The number of nitrogens with one attached hydrogen (secondary N) is 1. The minimum absolute atomic E-state index is 0.116. The van der Waals surface area contributed by atoms with Gasteiger partial charge in [0.2, 0.25) is 21.8 Å². The van der Waals surface area contributed by atoms with Gasteiger partial charge in [-0.2, -0.15) is 4.31 Å². The molecule has 1 aliphatic heterocycles. The van der Waals surface area contributed by atoms with E-state index in [1.807, 2.05) is 30.3 Å². The van der Waals surface area contributed by atoms with Gasteiger partial charge in [0.25, 0.3) is 0 Å². The molecule has 7 nitrogen and oxygen atoms in total. The second kappa shape index (κ2) is 8.04. The third-order valence-electron chi connectivity index (χ3n) is 5.07. The molecule has 1 aromatic heterocycles. The van der Waals surface area contributed by atoms with Crippen LogP contribution >= 0.6 is 0 Å². The van der Waals surface area contributed by atoms with Crippen LogP contribution in [-0.4, -0.2) is 42.8 Å². The zero-order chi connectivity index (χ0) is 21.3. The van der Waals surface area contributed by atoms with Crippen molar-refractivity contribution in [3.8, 4) is 5.88 Å². The number of hydrogen-bond acceptors (Lipinski definition) is 5. The number of anilines is 1. The van der Waals surface area contributed by atoms with Crippen molar-refractivity contribution < 1.29 is 17.9 Å². The van der Waals surface area contributed by atoms with Crippen LogP contribution in [0, 0.1) is 6.92 Å². The third kappa shape index (κ3) is 4.01. The van der Waals surface area contributed by atoms with Crippen LogP contribution in [0.3, 0.4) is 0 Å². The van der Waals surface area contributed by atoms with Gasteiger partial charge in [0.1, 0.15) is 6.10 Å². The van der Waals surface area contributed by atoms with Crippen LogP contribution in [0.4, 0.5) is 5.69 Å². The highest BCUT2D eigenvalue weighted by atomic mass is 32.2. The molecule has 0 bridgehead atoms. The summed E-state index contributed by atoms with van der Waals surface area (Å²) in [5, 5.41) is 3.77. The van der Waals surface area contributed by atoms with Crippen molar-refractivity contribution in [2.24, 2.45) is 0 Å². The molecule has 1 fully saturated rings. The fourth-order valence-corrected chi connectivity index (χ4v) is 5.07. The van der Waals surface area contributed by atoms with E-state index in [-0.39, 0.29) is 30.0 Å². The number of benzene rings is 2. The molecule has 0 aliphatic carbocycles. The number of fused-ring (bicyclic) bond motifs is 1. The summed E-state index contributed by atoms with van der Waals surface area (Å²) in [6.07, 6.45) is 0.122. The number of nitrogens with zero attached hydrogens (tertiary/aromatic N) is 2.